The molecule has 0 aromatic rings. The van der Waals surface area contributed by atoms with Gasteiger partial charge in [0.05, 0.1) is 0 Å². The van der Waals surface area contributed by atoms with Gasteiger partial charge < -0.3 is 14.2 Å². The average Bonchev–Trinajstić information content (AvgIpc) is 3.48. The summed E-state index contributed by atoms with van der Waals surface area (Å²) in [7, 11) is 0. The minimum Gasteiger partial charge on any atom is -0.462 e. The Morgan fingerprint density at radius 1 is 0.253 bits per heavy atom. The van der Waals surface area contributed by atoms with Crippen LogP contribution >= 0.6 is 0 Å². The van der Waals surface area contributed by atoms with E-state index in [0.717, 1.165) is 83.5 Å². The molecule has 0 aliphatic heterocycles. The molecule has 6 heteroatoms. The van der Waals surface area contributed by atoms with E-state index in [4.69, 9.17) is 14.2 Å². The number of carbonyl (C=O) groups is 3. The van der Waals surface area contributed by atoms with E-state index in [1.54, 1.807) is 0 Å². The fraction of sp³-hybridized carbons (Fsp3) is 0.857. The zero-order valence-corrected chi connectivity index (χ0v) is 56.0. The van der Waals surface area contributed by atoms with Crippen LogP contribution in [0.25, 0.3) is 0 Å². The van der Waals surface area contributed by atoms with Crippen molar-refractivity contribution in [3.63, 3.8) is 0 Å². The van der Waals surface area contributed by atoms with Gasteiger partial charge in [0.25, 0.3) is 0 Å². The molecule has 1 unspecified atom stereocenters. The molecule has 0 amide bonds. The molecule has 0 bridgehead atoms. The fourth-order valence-electron chi connectivity index (χ4n) is 11.3. The van der Waals surface area contributed by atoms with Crippen LogP contribution in [0.4, 0.5) is 0 Å². The highest BCUT2D eigenvalue weighted by Crippen LogP contribution is 2.19. The first-order valence-electron chi connectivity index (χ1n) is 37.1. The molecular weight excluding hydrogens is 1020 g/mol. The van der Waals surface area contributed by atoms with Gasteiger partial charge in [-0.1, -0.05) is 378 Å². The van der Waals surface area contributed by atoms with Crippen molar-refractivity contribution in [2.75, 3.05) is 13.2 Å². The molecule has 0 aromatic heterocycles. The molecule has 6 nitrogen and oxygen atoms in total. The first-order valence-corrected chi connectivity index (χ1v) is 37.1. The molecule has 1 atom stereocenters. The van der Waals surface area contributed by atoms with Crippen LogP contribution in [0, 0.1) is 0 Å². The lowest BCUT2D eigenvalue weighted by Crippen LogP contribution is -2.30. The van der Waals surface area contributed by atoms with E-state index in [9.17, 15) is 14.4 Å². The smallest absolute Gasteiger partial charge is 0.306 e. The Morgan fingerprint density at radius 3 is 0.735 bits per heavy atom. The zero-order chi connectivity index (χ0) is 59.9. The number of hydrogen-bond acceptors (Lipinski definition) is 6. The molecule has 0 N–H and O–H groups in total. The number of unbranched alkanes of at least 4 members (excludes halogenated alkanes) is 50. The van der Waals surface area contributed by atoms with Crippen LogP contribution < -0.4 is 0 Å². The molecule has 0 heterocycles. The Balaban J connectivity index is 4.13. The first kappa shape index (κ1) is 80.4. The standard InChI is InChI=1S/C77H142O6/c1-4-7-10-13-16-19-22-24-26-28-30-32-34-36-37-38-39-41-42-44-46-48-50-52-55-58-61-64-67-70-76(79)82-73-74(72-81-75(78)69-66-63-60-57-54-21-18-15-12-9-6-3)83-77(80)71-68-65-62-59-56-53-51-49-47-45-43-40-35-33-31-29-27-25-23-20-17-14-11-8-5-2/h7,10,16,19,24,26,30,32,74H,4-6,8-9,11-15,17-18,20-23,25,27-29,31,33-73H2,1-3H3/b10-7-,19-16-,26-24-,32-30-. The van der Waals surface area contributed by atoms with Crippen LogP contribution in [0.3, 0.4) is 0 Å². The van der Waals surface area contributed by atoms with Crippen molar-refractivity contribution in [1.82, 2.24) is 0 Å². The van der Waals surface area contributed by atoms with Gasteiger partial charge >= 0.3 is 17.9 Å². The van der Waals surface area contributed by atoms with Gasteiger partial charge in [0, 0.05) is 19.3 Å². The van der Waals surface area contributed by atoms with Crippen molar-refractivity contribution in [3.8, 4) is 0 Å². The third-order valence-corrected chi connectivity index (χ3v) is 16.8. The van der Waals surface area contributed by atoms with E-state index in [1.165, 1.54) is 283 Å². The van der Waals surface area contributed by atoms with Crippen LogP contribution in [0.1, 0.15) is 406 Å². The summed E-state index contributed by atoms with van der Waals surface area (Å²) < 4.78 is 17.0. The molecule has 0 aliphatic rings. The topological polar surface area (TPSA) is 78.9 Å². The van der Waals surface area contributed by atoms with Crippen molar-refractivity contribution in [2.24, 2.45) is 0 Å². The SMILES string of the molecule is CC/C=C\C/C=C\C/C=C\C/C=C\CCCCCCCCCCCCCCCCCCC(=O)OCC(COC(=O)CCCCCCCCCCCCC)OC(=O)CCCCCCCCCCCCCCCCCCCCCCCCCCC. The molecule has 486 valence electrons. The maximum Gasteiger partial charge on any atom is 0.306 e. The summed E-state index contributed by atoms with van der Waals surface area (Å²) in [6.45, 7) is 6.60. The Kier molecular flexibility index (Phi) is 69.6. The van der Waals surface area contributed by atoms with Crippen LogP contribution in [0.5, 0.6) is 0 Å². The van der Waals surface area contributed by atoms with Crippen molar-refractivity contribution >= 4 is 17.9 Å². The minimum absolute atomic E-state index is 0.0655. The van der Waals surface area contributed by atoms with E-state index in [0.29, 0.717) is 19.3 Å². The van der Waals surface area contributed by atoms with Crippen LogP contribution in [0.2, 0.25) is 0 Å². The highest BCUT2D eigenvalue weighted by atomic mass is 16.6. The fourth-order valence-corrected chi connectivity index (χ4v) is 11.3. The maximum absolute atomic E-state index is 13.0. The number of rotatable bonds is 69. The Morgan fingerprint density at radius 2 is 0.470 bits per heavy atom. The summed E-state index contributed by atoms with van der Waals surface area (Å²) >= 11 is 0. The number of carbonyl (C=O) groups excluding carboxylic acids is 3. The number of allylic oxidation sites excluding steroid dienone is 8. The highest BCUT2D eigenvalue weighted by Gasteiger charge is 2.20. The van der Waals surface area contributed by atoms with Gasteiger partial charge in [-0.2, -0.15) is 0 Å². The third kappa shape index (κ3) is 70.0. The van der Waals surface area contributed by atoms with Gasteiger partial charge in [0.15, 0.2) is 6.10 Å². The zero-order valence-electron chi connectivity index (χ0n) is 56.0. The number of esters is 3. The molecule has 0 aromatic carbocycles. The Hall–Kier alpha value is -2.63. The molecule has 0 radical (unpaired) electrons. The Labute approximate surface area is 518 Å². The second-order valence-electron chi connectivity index (χ2n) is 25.2. The minimum atomic E-state index is -0.769. The largest absolute Gasteiger partial charge is 0.462 e. The maximum atomic E-state index is 13.0. The van der Waals surface area contributed by atoms with Gasteiger partial charge in [-0.3, -0.25) is 14.4 Å². The second-order valence-corrected chi connectivity index (χ2v) is 25.2. The molecule has 0 aliphatic carbocycles. The number of ether oxygens (including phenoxy) is 3. The summed E-state index contributed by atoms with van der Waals surface area (Å²) in [6.07, 6.45) is 91.6. The summed E-state index contributed by atoms with van der Waals surface area (Å²) in [5.41, 5.74) is 0. The van der Waals surface area contributed by atoms with E-state index in [1.807, 2.05) is 0 Å². The van der Waals surface area contributed by atoms with Crippen molar-refractivity contribution in [2.45, 2.75) is 412 Å². The van der Waals surface area contributed by atoms with E-state index in [2.05, 4.69) is 69.4 Å². The highest BCUT2D eigenvalue weighted by molar-refractivity contribution is 5.71. The summed E-state index contributed by atoms with van der Waals surface area (Å²) in [6, 6.07) is 0. The Bertz CT molecular complexity index is 1430. The van der Waals surface area contributed by atoms with Crippen molar-refractivity contribution < 1.29 is 28.6 Å². The monoisotopic (exact) mass is 1160 g/mol. The van der Waals surface area contributed by atoms with E-state index in [-0.39, 0.29) is 31.1 Å². The normalized spacial score (nSPS) is 12.3. The molecule has 0 saturated heterocycles. The molecule has 83 heavy (non-hydrogen) atoms. The van der Waals surface area contributed by atoms with Gasteiger partial charge in [0.2, 0.25) is 0 Å². The van der Waals surface area contributed by atoms with Crippen molar-refractivity contribution in [3.05, 3.63) is 48.6 Å². The van der Waals surface area contributed by atoms with Gasteiger partial charge in [-0.25, -0.2) is 0 Å². The van der Waals surface area contributed by atoms with E-state index < -0.39 is 6.10 Å². The summed E-state index contributed by atoms with van der Waals surface area (Å²) in [5, 5.41) is 0. The van der Waals surface area contributed by atoms with E-state index >= 15 is 0 Å². The second kappa shape index (κ2) is 71.8. The van der Waals surface area contributed by atoms with Gasteiger partial charge in [-0.15, -0.1) is 0 Å². The summed E-state index contributed by atoms with van der Waals surface area (Å²) in [5.74, 6) is -0.835. The molecule has 0 fully saturated rings. The lowest BCUT2D eigenvalue weighted by atomic mass is 10.0. The third-order valence-electron chi connectivity index (χ3n) is 16.8. The number of hydrogen-bond donors (Lipinski definition) is 0. The predicted molar refractivity (Wildman–Crippen MR) is 362 cm³/mol. The quantitative estimate of drug-likeness (QED) is 0.0261. The molecule has 0 rings (SSSR count). The van der Waals surface area contributed by atoms with Gasteiger partial charge in [0.1, 0.15) is 13.2 Å². The lowest BCUT2D eigenvalue weighted by Gasteiger charge is -2.18. The molecule has 0 spiro atoms. The van der Waals surface area contributed by atoms with Gasteiger partial charge in [-0.05, 0) is 57.8 Å². The average molecular weight is 1160 g/mol. The van der Waals surface area contributed by atoms with Crippen LogP contribution in [-0.2, 0) is 28.6 Å². The summed E-state index contributed by atoms with van der Waals surface area (Å²) in [4.78, 5) is 38.4. The van der Waals surface area contributed by atoms with Crippen LogP contribution in [-0.4, -0.2) is 37.2 Å². The molecule has 0 saturated carbocycles. The predicted octanol–water partition coefficient (Wildman–Crippen LogP) is 25.7. The van der Waals surface area contributed by atoms with Crippen LogP contribution in [0.15, 0.2) is 48.6 Å². The first-order chi connectivity index (χ1) is 41.0. The lowest BCUT2D eigenvalue weighted by molar-refractivity contribution is -0.167. The molecular formula is C77H142O6. The van der Waals surface area contributed by atoms with Crippen molar-refractivity contribution in [1.29, 1.82) is 0 Å².